The summed E-state index contributed by atoms with van der Waals surface area (Å²) in [7, 11) is 1.60. The summed E-state index contributed by atoms with van der Waals surface area (Å²) in [6, 6.07) is 11.7. The van der Waals surface area contributed by atoms with Gasteiger partial charge in [-0.3, -0.25) is 9.69 Å². The van der Waals surface area contributed by atoms with E-state index < -0.39 is 0 Å². The standard InChI is InChI=1S/C23H28N6O3/c1-17-5-3-4-6-19(17)22-26-21(32-27-22)16-28-10-12-29(13-11-28)20-8-7-18(15-25-20)23(30)24-9-14-31-2/h3-8,15H,9-14,16H2,1-2H3,(H,24,30). The molecule has 4 rings (SSSR count). The van der Waals surface area contributed by atoms with E-state index in [2.05, 4.69) is 30.2 Å². The molecule has 1 saturated heterocycles. The predicted molar refractivity (Wildman–Crippen MR) is 120 cm³/mol. The first-order chi connectivity index (χ1) is 15.6. The first-order valence-electron chi connectivity index (χ1n) is 10.7. The molecule has 1 aromatic carbocycles. The number of nitrogens with zero attached hydrogens (tertiary/aromatic N) is 5. The van der Waals surface area contributed by atoms with Gasteiger partial charge >= 0.3 is 0 Å². The fourth-order valence-electron chi connectivity index (χ4n) is 3.65. The molecule has 1 N–H and O–H groups in total. The van der Waals surface area contributed by atoms with Crippen LogP contribution in [0.2, 0.25) is 0 Å². The highest BCUT2D eigenvalue weighted by molar-refractivity contribution is 5.94. The second-order valence-electron chi connectivity index (χ2n) is 7.74. The lowest BCUT2D eigenvalue weighted by Crippen LogP contribution is -2.46. The Morgan fingerprint density at radius 2 is 1.97 bits per heavy atom. The van der Waals surface area contributed by atoms with E-state index in [4.69, 9.17) is 9.26 Å². The van der Waals surface area contributed by atoms with Gasteiger partial charge in [0.15, 0.2) is 0 Å². The quantitative estimate of drug-likeness (QED) is 0.537. The highest BCUT2D eigenvalue weighted by Gasteiger charge is 2.21. The van der Waals surface area contributed by atoms with Gasteiger partial charge in [0.25, 0.3) is 5.91 Å². The maximum Gasteiger partial charge on any atom is 0.252 e. The monoisotopic (exact) mass is 436 g/mol. The maximum absolute atomic E-state index is 12.1. The molecular formula is C23H28N6O3. The van der Waals surface area contributed by atoms with Gasteiger partial charge in [-0.15, -0.1) is 0 Å². The third-order valence-corrected chi connectivity index (χ3v) is 5.51. The van der Waals surface area contributed by atoms with Crippen LogP contribution in [0.4, 0.5) is 5.82 Å². The van der Waals surface area contributed by atoms with Crippen LogP contribution in [0.15, 0.2) is 47.1 Å². The molecule has 0 spiro atoms. The summed E-state index contributed by atoms with van der Waals surface area (Å²) in [5, 5.41) is 6.95. The van der Waals surface area contributed by atoms with Crippen LogP contribution in [-0.2, 0) is 11.3 Å². The van der Waals surface area contributed by atoms with Gasteiger partial charge in [0.2, 0.25) is 11.7 Å². The molecular weight excluding hydrogens is 408 g/mol. The molecule has 0 atom stereocenters. The fourth-order valence-corrected chi connectivity index (χ4v) is 3.65. The van der Waals surface area contributed by atoms with E-state index in [0.717, 1.165) is 43.1 Å². The predicted octanol–water partition coefficient (Wildman–Crippen LogP) is 2.14. The topological polar surface area (TPSA) is 96.6 Å². The minimum Gasteiger partial charge on any atom is -0.383 e. The van der Waals surface area contributed by atoms with Gasteiger partial charge < -0.3 is 19.5 Å². The molecule has 0 bridgehead atoms. The number of ether oxygens (including phenoxy) is 1. The fraction of sp³-hybridized carbons (Fsp3) is 0.391. The minimum absolute atomic E-state index is 0.143. The van der Waals surface area contributed by atoms with Crippen LogP contribution in [-0.4, -0.2) is 72.4 Å². The number of hydrogen-bond acceptors (Lipinski definition) is 8. The van der Waals surface area contributed by atoms with Crippen molar-refractivity contribution < 1.29 is 14.1 Å². The first kappa shape index (κ1) is 21.9. The summed E-state index contributed by atoms with van der Waals surface area (Å²) in [4.78, 5) is 25.7. The number of aryl methyl sites for hydroxylation is 1. The summed E-state index contributed by atoms with van der Waals surface area (Å²) in [6.45, 7) is 7.03. The SMILES string of the molecule is COCCNC(=O)c1ccc(N2CCN(Cc3nc(-c4ccccc4C)no3)CC2)nc1. The van der Waals surface area contributed by atoms with Crippen LogP contribution in [0.25, 0.3) is 11.4 Å². The van der Waals surface area contributed by atoms with Crippen LogP contribution < -0.4 is 10.2 Å². The van der Waals surface area contributed by atoms with Gasteiger partial charge in [0.1, 0.15) is 5.82 Å². The molecule has 3 aromatic rings. The molecule has 1 fully saturated rings. The van der Waals surface area contributed by atoms with Crippen LogP contribution in [0.5, 0.6) is 0 Å². The second kappa shape index (κ2) is 10.3. The van der Waals surface area contributed by atoms with Crippen molar-refractivity contribution in [3.8, 4) is 11.4 Å². The Balaban J connectivity index is 1.28. The number of aromatic nitrogens is 3. The largest absolute Gasteiger partial charge is 0.383 e. The summed E-state index contributed by atoms with van der Waals surface area (Å²) < 4.78 is 10.4. The molecule has 0 saturated carbocycles. The van der Waals surface area contributed by atoms with Crippen LogP contribution in [0.3, 0.4) is 0 Å². The summed E-state index contributed by atoms with van der Waals surface area (Å²) in [5.41, 5.74) is 2.66. The number of benzene rings is 1. The number of carbonyl (C=O) groups excluding carboxylic acids is 1. The Bertz CT molecular complexity index is 1030. The molecule has 1 amide bonds. The lowest BCUT2D eigenvalue weighted by atomic mass is 10.1. The zero-order chi connectivity index (χ0) is 22.3. The number of nitrogens with one attached hydrogen (secondary N) is 1. The molecule has 9 nitrogen and oxygen atoms in total. The van der Waals surface area contributed by atoms with Gasteiger partial charge in [0.05, 0.1) is 18.7 Å². The van der Waals surface area contributed by atoms with Gasteiger partial charge in [-0.1, -0.05) is 29.4 Å². The second-order valence-corrected chi connectivity index (χ2v) is 7.74. The van der Waals surface area contributed by atoms with E-state index in [1.807, 2.05) is 43.3 Å². The van der Waals surface area contributed by atoms with Gasteiger partial charge in [-0.25, -0.2) is 4.98 Å². The molecule has 32 heavy (non-hydrogen) atoms. The van der Waals surface area contributed by atoms with E-state index in [0.29, 0.717) is 37.0 Å². The first-order valence-corrected chi connectivity index (χ1v) is 10.7. The molecule has 0 aliphatic carbocycles. The van der Waals surface area contributed by atoms with Crippen molar-refractivity contribution in [1.29, 1.82) is 0 Å². The van der Waals surface area contributed by atoms with Crippen LogP contribution >= 0.6 is 0 Å². The van der Waals surface area contributed by atoms with Crippen molar-refractivity contribution in [2.24, 2.45) is 0 Å². The molecule has 168 valence electrons. The number of amides is 1. The van der Waals surface area contributed by atoms with Crippen molar-refractivity contribution in [3.05, 3.63) is 59.6 Å². The Kier molecular flexibility index (Phi) is 7.08. The number of anilines is 1. The molecule has 0 unspecified atom stereocenters. The number of pyridine rings is 1. The number of hydrogen-bond donors (Lipinski definition) is 1. The van der Waals surface area contributed by atoms with Gasteiger partial charge in [0, 0.05) is 51.6 Å². The maximum atomic E-state index is 12.1. The van der Waals surface area contributed by atoms with E-state index >= 15 is 0 Å². The summed E-state index contributed by atoms with van der Waals surface area (Å²) in [6.07, 6.45) is 1.62. The van der Waals surface area contributed by atoms with Crippen LogP contribution in [0.1, 0.15) is 21.8 Å². The molecule has 1 aliphatic heterocycles. The normalized spacial score (nSPS) is 14.5. The van der Waals surface area contributed by atoms with E-state index in [9.17, 15) is 4.79 Å². The zero-order valence-corrected chi connectivity index (χ0v) is 18.5. The van der Waals surface area contributed by atoms with Gasteiger partial charge in [-0.2, -0.15) is 4.98 Å². The van der Waals surface area contributed by atoms with Crippen molar-refractivity contribution in [3.63, 3.8) is 0 Å². The number of rotatable bonds is 8. The lowest BCUT2D eigenvalue weighted by Gasteiger charge is -2.34. The van der Waals surface area contributed by atoms with E-state index in [-0.39, 0.29) is 5.91 Å². The summed E-state index contributed by atoms with van der Waals surface area (Å²) in [5.74, 6) is 1.99. The Hall–Kier alpha value is -3.30. The van der Waals surface area contributed by atoms with E-state index in [1.165, 1.54) is 0 Å². The lowest BCUT2D eigenvalue weighted by molar-refractivity contribution is 0.0936. The Morgan fingerprint density at radius 1 is 1.16 bits per heavy atom. The van der Waals surface area contributed by atoms with Crippen molar-refractivity contribution in [1.82, 2.24) is 25.3 Å². The highest BCUT2D eigenvalue weighted by Crippen LogP contribution is 2.21. The highest BCUT2D eigenvalue weighted by atomic mass is 16.5. The molecule has 1 aliphatic rings. The van der Waals surface area contributed by atoms with Crippen LogP contribution in [0, 0.1) is 6.92 Å². The summed E-state index contributed by atoms with van der Waals surface area (Å²) >= 11 is 0. The molecule has 0 radical (unpaired) electrons. The number of carbonyl (C=O) groups is 1. The third kappa shape index (κ3) is 5.30. The average molecular weight is 437 g/mol. The van der Waals surface area contributed by atoms with E-state index in [1.54, 1.807) is 13.3 Å². The van der Waals surface area contributed by atoms with Gasteiger partial charge in [-0.05, 0) is 24.6 Å². The van der Waals surface area contributed by atoms with Crippen molar-refractivity contribution in [2.75, 3.05) is 51.3 Å². The molecule has 3 heterocycles. The third-order valence-electron chi connectivity index (χ3n) is 5.51. The molecule has 2 aromatic heterocycles. The zero-order valence-electron chi connectivity index (χ0n) is 18.5. The Morgan fingerprint density at radius 3 is 2.69 bits per heavy atom. The minimum atomic E-state index is -0.143. The molecule has 9 heteroatoms. The Labute approximate surface area is 187 Å². The average Bonchev–Trinajstić information content (AvgIpc) is 3.28. The smallest absolute Gasteiger partial charge is 0.252 e. The number of piperazine rings is 1. The number of methoxy groups -OCH3 is 1. The van der Waals surface area contributed by atoms with Crippen molar-refractivity contribution >= 4 is 11.7 Å². The van der Waals surface area contributed by atoms with Crippen molar-refractivity contribution in [2.45, 2.75) is 13.5 Å².